The minimum atomic E-state index is -0.232. The lowest BCUT2D eigenvalue weighted by Gasteiger charge is -2.33. The van der Waals surface area contributed by atoms with Crippen LogP contribution >= 0.6 is 23.6 Å². The number of amides is 1. The summed E-state index contributed by atoms with van der Waals surface area (Å²) in [6.07, 6.45) is 10.6. The number of hydrogen-bond donors (Lipinski definition) is 2. The highest BCUT2D eigenvalue weighted by atomic mass is 32.1. The largest absolute Gasteiger partial charge is 0.362 e. The maximum Gasteiger partial charge on any atom is 0.275 e. The van der Waals surface area contributed by atoms with E-state index in [1.54, 1.807) is 16.0 Å². The highest BCUT2D eigenvalue weighted by Gasteiger charge is 2.25. The maximum atomic E-state index is 13.2. The van der Waals surface area contributed by atoms with Crippen molar-refractivity contribution in [1.82, 2.24) is 30.3 Å². The van der Waals surface area contributed by atoms with E-state index >= 15 is 0 Å². The lowest BCUT2D eigenvalue weighted by molar-refractivity contribution is 0.0962. The average molecular weight is 540 g/mol. The molecule has 37 heavy (non-hydrogen) atoms. The van der Waals surface area contributed by atoms with E-state index in [1.807, 2.05) is 37.6 Å². The first-order valence-electron chi connectivity index (χ1n) is 13.1. The molecule has 0 spiro atoms. The van der Waals surface area contributed by atoms with Crippen LogP contribution in [-0.2, 0) is 0 Å². The summed E-state index contributed by atoms with van der Waals surface area (Å²) in [4.78, 5) is 24.8. The number of carbonyl (C=O) groups excluding carboxylic acids is 1. The number of carbonyl (C=O) groups is 1. The van der Waals surface area contributed by atoms with Gasteiger partial charge in [0.1, 0.15) is 5.69 Å². The van der Waals surface area contributed by atoms with E-state index in [9.17, 15) is 4.79 Å². The monoisotopic (exact) mass is 539 g/mol. The van der Waals surface area contributed by atoms with Crippen molar-refractivity contribution >= 4 is 46.6 Å². The van der Waals surface area contributed by atoms with Crippen molar-refractivity contribution in [2.24, 2.45) is 10.9 Å². The lowest BCUT2D eigenvalue weighted by Crippen LogP contribution is -2.45. The first-order chi connectivity index (χ1) is 17.9. The van der Waals surface area contributed by atoms with Gasteiger partial charge in [0.2, 0.25) is 0 Å². The van der Waals surface area contributed by atoms with E-state index in [-0.39, 0.29) is 5.91 Å². The molecule has 198 valence electrons. The number of hydrogen-bond acceptors (Lipinski definition) is 6. The summed E-state index contributed by atoms with van der Waals surface area (Å²) in [5.74, 6) is 1.33. The van der Waals surface area contributed by atoms with Crippen LogP contribution in [0.2, 0.25) is 0 Å². The number of thiocarbonyl (C=S) groups is 1. The topological polar surface area (TPSA) is 87.4 Å². The number of thiazole rings is 1. The van der Waals surface area contributed by atoms with Crippen LogP contribution in [0.5, 0.6) is 0 Å². The molecule has 2 aromatic rings. The molecule has 1 fully saturated rings. The van der Waals surface area contributed by atoms with Crippen molar-refractivity contribution in [2.75, 3.05) is 19.6 Å². The molecule has 0 bridgehead atoms. The Morgan fingerprint density at radius 2 is 2.05 bits per heavy atom. The molecule has 0 aliphatic carbocycles. The van der Waals surface area contributed by atoms with Gasteiger partial charge in [0.25, 0.3) is 5.91 Å². The Kier molecular flexibility index (Phi) is 9.26. The minimum absolute atomic E-state index is 0.232. The van der Waals surface area contributed by atoms with Crippen molar-refractivity contribution in [3.8, 4) is 0 Å². The summed E-state index contributed by atoms with van der Waals surface area (Å²) in [6, 6.07) is 2.00. The average Bonchev–Trinajstić information content (AvgIpc) is 3.50. The van der Waals surface area contributed by atoms with Crippen molar-refractivity contribution in [3.05, 3.63) is 51.4 Å². The molecule has 4 rings (SSSR count). The Morgan fingerprint density at radius 3 is 2.76 bits per heavy atom. The van der Waals surface area contributed by atoms with Gasteiger partial charge in [-0.05, 0) is 69.8 Å². The highest BCUT2D eigenvalue weighted by Crippen LogP contribution is 2.30. The summed E-state index contributed by atoms with van der Waals surface area (Å²) in [7, 11) is 0. The molecule has 1 saturated heterocycles. The molecule has 8 nitrogen and oxygen atoms in total. The van der Waals surface area contributed by atoms with Gasteiger partial charge in [0, 0.05) is 42.8 Å². The van der Waals surface area contributed by atoms with Crippen molar-refractivity contribution in [3.63, 3.8) is 0 Å². The summed E-state index contributed by atoms with van der Waals surface area (Å²) in [6.45, 7) is 11.1. The zero-order chi connectivity index (χ0) is 26.4. The number of allylic oxidation sites excluding steroid dienone is 2. The van der Waals surface area contributed by atoms with Crippen molar-refractivity contribution in [2.45, 2.75) is 65.7 Å². The van der Waals surface area contributed by atoms with E-state index in [1.165, 1.54) is 0 Å². The fourth-order valence-corrected chi connectivity index (χ4v) is 5.63. The van der Waals surface area contributed by atoms with Crippen LogP contribution in [0.1, 0.15) is 78.8 Å². The van der Waals surface area contributed by atoms with Gasteiger partial charge >= 0.3 is 0 Å². The number of aliphatic imine (C=N–C) groups is 1. The van der Waals surface area contributed by atoms with Gasteiger partial charge in [0.05, 0.1) is 16.4 Å². The Morgan fingerprint density at radius 1 is 1.27 bits per heavy atom. The van der Waals surface area contributed by atoms with E-state index in [0.29, 0.717) is 29.0 Å². The van der Waals surface area contributed by atoms with E-state index in [2.05, 4.69) is 45.5 Å². The molecule has 0 radical (unpaired) electrons. The number of likely N-dealkylation sites (tertiary alicyclic amines) is 1. The zero-order valence-corrected chi connectivity index (χ0v) is 23.8. The molecule has 4 heterocycles. The van der Waals surface area contributed by atoms with Crippen LogP contribution in [0.15, 0.2) is 34.3 Å². The summed E-state index contributed by atoms with van der Waals surface area (Å²) in [5, 5.41) is 14.7. The number of aromatic nitrogens is 3. The first kappa shape index (κ1) is 27.2. The second-order valence-corrected chi connectivity index (χ2v) is 11.1. The second kappa shape index (κ2) is 12.6. The minimum Gasteiger partial charge on any atom is -0.362 e. The van der Waals surface area contributed by atoms with Crippen LogP contribution in [0, 0.1) is 19.8 Å². The maximum absolute atomic E-state index is 13.2. The molecule has 2 aliphatic heterocycles. The zero-order valence-electron chi connectivity index (χ0n) is 22.2. The van der Waals surface area contributed by atoms with Gasteiger partial charge in [-0.2, -0.15) is 5.10 Å². The summed E-state index contributed by atoms with van der Waals surface area (Å²) in [5.41, 5.74) is 2.92. The predicted octanol–water partition coefficient (Wildman–Crippen LogP) is 5.03. The van der Waals surface area contributed by atoms with E-state index in [0.717, 1.165) is 73.2 Å². The van der Waals surface area contributed by atoms with Crippen LogP contribution < -0.4 is 10.6 Å². The molecule has 10 heteroatoms. The second-order valence-electron chi connectivity index (χ2n) is 9.85. The fraction of sp³-hybridized carbons (Fsp3) is 0.519. The predicted molar refractivity (Wildman–Crippen MR) is 155 cm³/mol. The smallest absolute Gasteiger partial charge is 0.275 e. The molecule has 0 saturated carbocycles. The molecule has 2 aromatic heterocycles. The standard InChI is InChI=1S/C27H37N7OS2/c1-5-18(2)16-29-27(36)33-13-10-21(11-14-33)26-31-23(17-37-26)25(35)30-22-9-7-6-8-12-28-24(22)34-20(4)15-19(3)32-34/h7,9,12,15,17-18,21H,5-6,8,10-11,13-14,16H2,1-4H3,(H,29,36)(H,30,35)/b9-7-,24-22-,28-12-. The lowest BCUT2D eigenvalue weighted by atomic mass is 9.98. The Hall–Kier alpha value is -2.85. The third-order valence-corrected chi connectivity index (χ3v) is 8.25. The van der Waals surface area contributed by atoms with Crippen molar-refractivity contribution < 1.29 is 4.79 Å². The van der Waals surface area contributed by atoms with E-state index in [4.69, 9.17) is 17.2 Å². The van der Waals surface area contributed by atoms with Gasteiger partial charge in [0.15, 0.2) is 10.9 Å². The molecular formula is C27H37N7OS2. The van der Waals surface area contributed by atoms with Crippen LogP contribution in [0.3, 0.4) is 0 Å². The van der Waals surface area contributed by atoms with Gasteiger partial charge < -0.3 is 15.5 Å². The summed E-state index contributed by atoms with van der Waals surface area (Å²) < 4.78 is 1.78. The summed E-state index contributed by atoms with van der Waals surface area (Å²) >= 11 is 7.17. The quantitative estimate of drug-likeness (QED) is 0.480. The molecule has 1 amide bonds. The SMILES string of the molecule is CCC(C)CNC(=S)N1CCC(c2nc(C(=O)NC3=C(n4nc(C)cc4C)/N=C\CC/C=C\3)cs2)CC1. The number of nitrogens with one attached hydrogen (secondary N) is 2. The van der Waals surface area contributed by atoms with Gasteiger partial charge in [-0.25, -0.2) is 14.7 Å². The Labute approximate surface area is 229 Å². The van der Waals surface area contributed by atoms with Gasteiger partial charge in [-0.1, -0.05) is 26.3 Å². The third kappa shape index (κ3) is 6.93. The number of rotatable bonds is 7. The molecule has 2 N–H and O–H groups in total. The van der Waals surface area contributed by atoms with Gasteiger partial charge in [-0.3, -0.25) is 4.79 Å². The van der Waals surface area contributed by atoms with Gasteiger partial charge in [-0.15, -0.1) is 11.3 Å². The molecule has 0 aromatic carbocycles. The van der Waals surface area contributed by atoms with Crippen LogP contribution in [0.25, 0.3) is 5.82 Å². The van der Waals surface area contributed by atoms with Crippen LogP contribution in [0.4, 0.5) is 0 Å². The molecular weight excluding hydrogens is 502 g/mol. The Bertz CT molecular complexity index is 1200. The third-order valence-electron chi connectivity index (χ3n) is 6.84. The fourth-order valence-electron chi connectivity index (χ4n) is 4.39. The highest BCUT2D eigenvalue weighted by molar-refractivity contribution is 7.80. The normalized spacial score (nSPS) is 21.1. The number of aryl methyl sites for hydroxylation is 2. The number of piperidine rings is 1. The van der Waals surface area contributed by atoms with Crippen molar-refractivity contribution in [1.29, 1.82) is 0 Å². The first-order valence-corrected chi connectivity index (χ1v) is 14.4. The van der Waals surface area contributed by atoms with E-state index < -0.39 is 0 Å². The number of nitrogens with zero attached hydrogens (tertiary/aromatic N) is 5. The molecule has 2 aliphatic rings. The molecule has 1 atom stereocenters. The molecule has 1 unspecified atom stereocenters. The Balaban J connectivity index is 1.41. The van der Waals surface area contributed by atoms with Crippen LogP contribution in [-0.4, -0.2) is 56.5 Å².